The second-order valence-electron chi connectivity index (χ2n) is 15.5. The average molecular weight is 811 g/mol. The number of hydrogen-bond donors (Lipinski definition) is 7. The predicted molar refractivity (Wildman–Crippen MR) is 220 cm³/mol. The number of pyridine rings is 1. The Morgan fingerprint density at radius 2 is 1.67 bits per heavy atom. The maximum atomic E-state index is 13.3. The number of ether oxygens (including phenoxy) is 3. The molecule has 11 atom stereocenters. The van der Waals surface area contributed by atoms with Crippen LogP contribution in [0.5, 0.6) is 5.75 Å². The van der Waals surface area contributed by atoms with E-state index in [2.05, 4.69) is 5.32 Å². The van der Waals surface area contributed by atoms with Crippen LogP contribution in [0.4, 0.5) is 0 Å². The quantitative estimate of drug-likeness (QED) is 0.0687. The van der Waals surface area contributed by atoms with Gasteiger partial charge in [0, 0.05) is 38.2 Å². The molecule has 2 saturated heterocycles. The van der Waals surface area contributed by atoms with Crippen molar-refractivity contribution in [3.8, 4) is 5.75 Å². The Hall–Kier alpha value is -4.25. The van der Waals surface area contributed by atoms with E-state index in [1.54, 1.807) is 81.5 Å². The van der Waals surface area contributed by atoms with Gasteiger partial charge >= 0.3 is 0 Å². The highest BCUT2D eigenvalue weighted by Crippen LogP contribution is 2.44. The third-order valence-corrected chi connectivity index (χ3v) is 11.0. The lowest BCUT2D eigenvalue weighted by atomic mass is 9.71. The van der Waals surface area contributed by atoms with Crippen molar-refractivity contribution in [1.29, 1.82) is 0 Å². The summed E-state index contributed by atoms with van der Waals surface area (Å²) in [6.45, 7) is 12.2. The number of methoxy groups -OCH3 is 1. The van der Waals surface area contributed by atoms with Gasteiger partial charge in [-0.05, 0) is 44.4 Å². The molecule has 14 nitrogen and oxygen atoms in total. The topological polar surface area (TPSA) is 217 Å². The highest BCUT2D eigenvalue weighted by atomic mass is 16.7. The summed E-state index contributed by atoms with van der Waals surface area (Å²) in [6.07, 6.45) is 13.0. The molecule has 320 valence electrons. The van der Waals surface area contributed by atoms with Crippen molar-refractivity contribution in [3.05, 3.63) is 112 Å². The fraction of sp³-hybridized carbons (Fsp3) is 0.523. The molecule has 2 aliphatic heterocycles. The van der Waals surface area contributed by atoms with Gasteiger partial charge in [0.25, 0.3) is 5.56 Å². The molecular formula is C44H62N2O12. The van der Waals surface area contributed by atoms with E-state index in [0.29, 0.717) is 0 Å². The maximum absolute atomic E-state index is 13.3. The minimum atomic E-state index is -2.34. The number of rotatable bonds is 17. The summed E-state index contributed by atoms with van der Waals surface area (Å²) in [5.41, 5.74) is -0.881. The van der Waals surface area contributed by atoms with Crippen LogP contribution in [-0.2, 0) is 26.1 Å². The van der Waals surface area contributed by atoms with E-state index in [0.717, 1.165) is 5.57 Å². The van der Waals surface area contributed by atoms with Crippen LogP contribution in [0.1, 0.15) is 65.2 Å². The molecule has 2 unspecified atom stereocenters. The van der Waals surface area contributed by atoms with E-state index >= 15 is 0 Å². The van der Waals surface area contributed by atoms with Gasteiger partial charge in [-0.25, -0.2) is 0 Å². The number of aliphatic hydroxyl groups is 5. The van der Waals surface area contributed by atoms with Gasteiger partial charge in [0.15, 0.2) is 5.78 Å². The molecule has 14 heteroatoms. The number of carbonyl (C=O) groups is 2. The average Bonchev–Trinajstić information content (AvgIpc) is 3.46. The smallest absolute Gasteiger partial charge is 0.265 e. The van der Waals surface area contributed by atoms with Gasteiger partial charge < -0.3 is 54.7 Å². The van der Waals surface area contributed by atoms with Crippen LogP contribution in [-0.4, -0.2) is 115 Å². The fourth-order valence-electron chi connectivity index (χ4n) is 7.27. The fourth-order valence-corrected chi connectivity index (χ4v) is 7.27. The first-order chi connectivity index (χ1) is 27.3. The summed E-state index contributed by atoms with van der Waals surface area (Å²) in [5.74, 6) is -5.51. The second kappa shape index (κ2) is 21.1. The van der Waals surface area contributed by atoms with Crippen LogP contribution < -0.4 is 10.9 Å². The van der Waals surface area contributed by atoms with Crippen molar-refractivity contribution < 1.29 is 54.4 Å². The van der Waals surface area contributed by atoms with Gasteiger partial charge in [0.05, 0.1) is 30.3 Å². The molecule has 7 N–H and O–H groups in total. The Labute approximate surface area is 340 Å². The first-order valence-electron chi connectivity index (χ1n) is 19.5. The molecule has 2 aliphatic rings. The van der Waals surface area contributed by atoms with E-state index in [9.17, 15) is 45.0 Å². The zero-order valence-electron chi connectivity index (χ0n) is 34.9. The van der Waals surface area contributed by atoms with Crippen LogP contribution in [0.25, 0.3) is 0 Å². The van der Waals surface area contributed by atoms with Crippen LogP contribution >= 0.6 is 0 Å². The van der Waals surface area contributed by atoms with Crippen molar-refractivity contribution in [1.82, 2.24) is 9.88 Å². The van der Waals surface area contributed by atoms with E-state index in [4.69, 9.17) is 14.2 Å². The molecule has 2 fully saturated rings. The normalized spacial score (nSPS) is 29.9. The number of aliphatic hydroxyl groups excluding tert-OH is 4. The first kappa shape index (κ1) is 48.1. The van der Waals surface area contributed by atoms with Gasteiger partial charge in [-0.2, -0.15) is 0 Å². The molecule has 0 spiro atoms. The maximum Gasteiger partial charge on any atom is 0.265 e. The van der Waals surface area contributed by atoms with Crippen LogP contribution in [0, 0.1) is 17.3 Å². The molecular weight excluding hydrogens is 748 g/mol. The number of aryl methyl sites for hydroxylation is 1. The molecule has 1 aromatic rings. The highest BCUT2D eigenvalue weighted by molar-refractivity contribution is 6.09. The summed E-state index contributed by atoms with van der Waals surface area (Å²) in [4.78, 5) is 38.4. The minimum absolute atomic E-state index is 0.0818. The SMILES string of the molecule is C/C=C\C=C\[C@@H]1O[C@](O)([C@H](CC)C(=O)NC/C=C/C=C(\C)[C@@H](OC)[C@@H](C)[C@@H]2O[C@H](/C=C/C=C/C=C(\C)C(=O)c3c(O)ccn(C)c3=O)[C@H](O)[C@@H]2O)C(O)C(O)C1(C)C. The minimum Gasteiger partial charge on any atom is -0.507 e. The van der Waals surface area contributed by atoms with E-state index in [-0.39, 0.29) is 24.1 Å². The number of ketones is 1. The van der Waals surface area contributed by atoms with E-state index < -0.39 is 94.9 Å². The largest absolute Gasteiger partial charge is 0.507 e. The lowest BCUT2D eigenvalue weighted by Gasteiger charge is -2.53. The molecule has 1 amide bonds. The standard InChI is InChI=1S/C44H62N2O12/c1-10-12-14-22-32-43(6,7)39(51)40(52)44(55,58-32)29(11-2)41(53)45-24-18-17-20-27(4)37(56-9)28(5)38-36(50)35(49)31(57-38)21-16-13-15-19-26(3)34(48)33-30(47)23-25-46(8)42(33)54/h10,12-23,25,28-29,31-32,35-40,47,49-52,55H,11,24H2,1-9H3,(H,45,53)/b12-10-,15-13+,18-17+,21-16+,22-14+,26-19+,27-20+/t28-,29-,31-,32+,35+,36+,37-,38+,39?,40?,44-/m1/s1. The Balaban J connectivity index is 1.61. The van der Waals surface area contributed by atoms with Crippen molar-refractivity contribution >= 4 is 11.7 Å². The summed E-state index contributed by atoms with van der Waals surface area (Å²) < 4.78 is 19.0. The lowest BCUT2D eigenvalue weighted by molar-refractivity contribution is -0.359. The van der Waals surface area contributed by atoms with Gasteiger partial charge in [-0.15, -0.1) is 0 Å². The molecule has 58 heavy (non-hydrogen) atoms. The van der Waals surface area contributed by atoms with Gasteiger partial charge in [0.1, 0.15) is 35.7 Å². The number of aromatic hydroxyl groups is 1. The number of amides is 1. The number of hydrogen-bond acceptors (Lipinski definition) is 12. The Kier molecular flexibility index (Phi) is 17.5. The third kappa shape index (κ3) is 10.9. The Bertz CT molecular complexity index is 1860. The Morgan fingerprint density at radius 1 is 1.00 bits per heavy atom. The van der Waals surface area contributed by atoms with Crippen molar-refractivity contribution in [2.75, 3.05) is 13.7 Å². The molecule has 1 aromatic heterocycles. The zero-order valence-corrected chi connectivity index (χ0v) is 34.9. The molecule has 0 bridgehead atoms. The Morgan fingerprint density at radius 3 is 2.31 bits per heavy atom. The van der Waals surface area contributed by atoms with Gasteiger partial charge in [-0.3, -0.25) is 14.4 Å². The summed E-state index contributed by atoms with van der Waals surface area (Å²) in [5, 5.41) is 68.0. The second-order valence-corrected chi connectivity index (χ2v) is 15.5. The summed E-state index contributed by atoms with van der Waals surface area (Å²) in [7, 11) is 3.01. The lowest BCUT2D eigenvalue weighted by Crippen LogP contribution is -2.69. The predicted octanol–water partition coefficient (Wildman–Crippen LogP) is 3.09. The molecule has 0 aliphatic carbocycles. The van der Waals surface area contributed by atoms with E-state index in [1.807, 2.05) is 26.8 Å². The molecule has 0 saturated carbocycles. The summed E-state index contributed by atoms with van der Waals surface area (Å²) >= 11 is 0. The third-order valence-electron chi connectivity index (χ3n) is 11.0. The van der Waals surface area contributed by atoms with Crippen LogP contribution in [0.2, 0.25) is 0 Å². The molecule has 0 aromatic carbocycles. The first-order valence-corrected chi connectivity index (χ1v) is 19.5. The zero-order chi connectivity index (χ0) is 43.5. The molecule has 0 radical (unpaired) electrons. The van der Waals surface area contributed by atoms with Crippen LogP contribution in [0.15, 0.2) is 101 Å². The summed E-state index contributed by atoms with van der Waals surface area (Å²) in [6, 6.07) is 1.27. The number of allylic oxidation sites excluding steroid dienone is 10. The molecule has 3 rings (SSSR count). The number of carbonyl (C=O) groups excluding carboxylic acids is 2. The van der Waals surface area contributed by atoms with Gasteiger partial charge in [-0.1, -0.05) is 101 Å². The van der Waals surface area contributed by atoms with Crippen molar-refractivity contribution in [2.24, 2.45) is 24.3 Å². The van der Waals surface area contributed by atoms with E-state index in [1.165, 1.54) is 44.0 Å². The number of aromatic nitrogens is 1. The number of Topliss-reactive ketones (excluding diaryl/α,β-unsaturated/α-hetero) is 1. The van der Waals surface area contributed by atoms with Crippen molar-refractivity contribution in [2.45, 2.75) is 110 Å². The van der Waals surface area contributed by atoms with Crippen molar-refractivity contribution in [3.63, 3.8) is 0 Å². The number of nitrogens with zero attached hydrogens (tertiary/aromatic N) is 1. The van der Waals surface area contributed by atoms with Gasteiger partial charge in [0.2, 0.25) is 11.7 Å². The molecule has 3 heterocycles. The van der Waals surface area contributed by atoms with Crippen LogP contribution in [0.3, 0.4) is 0 Å². The monoisotopic (exact) mass is 810 g/mol. The highest BCUT2D eigenvalue weighted by Gasteiger charge is 2.60. The number of nitrogens with one attached hydrogen (secondary N) is 1.